The molecule has 0 aliphatic carbocycles. The van der Waals surface area contributed by atoms with E-state index >= 15 is 0 Å². The number of ether oxygens (including phenoxy) is 1. The van der Waals surface area contributed by atoms with E-state index in [4.69, 9.17) is 16.3 Å². The van der Waals surface area contributed by atoms with Crippen LogP contribution in [0.3, 0.4) is 0 Å². The van der Waals surface area contributed by atoms with Crippen LogP contribution in [0, 0.1) is 0 Å². The molecule has 3 aromatic rings. The van der Waals surface area contributed by atoms with E-state index in [0.29, 0.717) is 33.9 Å². The molecule has 0 atom stereocenters. The van der Waals surface area contributed by atoms with Crippen LogP contribution in [0.4, 0.5) is 0 Å². The lowest BCUT2D eigenvalue weighted by Gasteiger charge is -2.13. The van der Waals surface area contributed by atoms with Crippen LogP contribution < -0.4 is 4.74 Å². The number of nitrogens with zero attached hydrogens (tertiary/aromatic N) is 3. The molecule has 1 N–H and O–H groups in total. The van der Waals surface area contributed by atoms with E-state index in [9.17, 15) is 9.90 Å². The topological polar surface area (TPSA) is 77.2 Å². The van der Waals surface area contributed by atoms with E-state index in [0.717, 1.165) is 17.3 Å². The number of hydrogen-bond acceptors (Lipinski definition) is 5. The summed E-state index contributed by atoms with van der Waals surface area (Å²) >= 11 is 7.03. The highest BCUT2D eigenvalue weighted by Gasteiger charge is 2.19. The molecule has 0 spiro atoms. The fraction of sp³-hybridized carbons (Fsp3) is 0.227. The van der Waals surface area contributed by atoms with Crippen LogP contribution in [0.15, 0.2) is 58.6 Å². The number of hydrogen-bond donors (Lipinski definition) is 1. The summed E-state index contributed by atoms with van der Waals surface area (Å²) in [5.74, 6) is 0.244. The van der Waals surface area contributed by atoms with Crippen LogP contribution in [-0.4, -0.2) is 31.9 Å². The molecule has 156 valence electrons. The van der Waals surface area contributed by atoms with Crippen molar-refractivity contribution in [2.45, 2.75) is 38.6 Å². The molecule has 0 bridgehead atoms. The second-order valence-corrected chi connectivity index (χ2v) is 8.12. The zero-order valence-corrected chi connectivity index (χ0v) is 18.4. The van der Waals surface area contributed by atoms with Gasteiger partial charge in [-0.3, -0.25) is 0 Å². The third-order valence-corrected chi connectivity index (χ3v) is 5.36. The molecular formula is C22H22ClN3O3S. The van der Waals surface area contributed by atoms with Gasteiger partial charge in [0.1, 0.15) is 10.7 Å². The molecule has 0 aliphatic heterocycles. The van der Waals surface area contributed by atoms with E-state index in [1.165, 1.54) is 0 Å². The van der Waals surface area contributed by atoms with Gasteiger partial charge < -0.3 is 14.4 Å². The first-order valence-electron chi connectivity index (χ1n) is 9.46. The van der Waals surface area contributed by atoms with E-state index in [1.54, 1.807) is 18.2 Å². The molecule has 8 heteroatoms. The maximum absolute atomic E-state index is 12.0. The number of aromatic nitrogens is 3. The normalized spacial score (nSPS) is 11.7. The second kappa shape index (κ2) is 9.82. The first kappa shape index (κ1) is 21.9. The van der Waals surface area contributed by atoms with Crippen molar-refractivity contribution >= 4 is 35.4 Å². The molecule has 6 nitrogen and oxygen atoms in total. The standard InChI is InChI=1S/C22H22ClN3O3S/c1-4-26-20(15-9-11-17(23)12-10-15)24-25-22(26)30-19(21(27)28)13-16-7-5-6-8-18(16)29-14(2)3/h5-14H,4H2,1-3H3,(H,27,28)/b19-13-. The zero-order chi connectivity index (χ0) is 21.7. The third-order valence-electron chi connectivity index (χ3n) is 4.12. The summed E-state index contributed by atoms with van der Waals surface area (Å²) in [5, 5.41) is 19.4. The number of para-hydroxylation sites is 1. The lowest BCUT2D eigenvalue weighted by atomic mass is 10.2. The molecule has 1 aromatic heterocycles. The van der Waals surface area contributed by atoms with E-state index in [2.05, 4.69) is 10.2 Å². The maximum Gasteiger partial charge on any atom is 0.342 e. The number of halogens is 1. The van der Waals surface area contributed by atoms with Crippen LogP contribution in [0.1, 0.15) is 26.3 Å². The third kappa shape index (κ3) is 5.23. The average molecular weight is 444 g/mol. The first-order chi connectivity index (χ1) is 14.4. The van der Waals surface area contributed by atoms with Crippen molar-refractivity contribution in [2.75, 3.05) is 0 Å². The van der Waals surface area contributed by atoms with Crippen molar-refractivity contribution in [1.29, 1.82) is 0 Å². The van der Waals surface area contributed by atoms with Gasteiger partial charge in [0.05, 0.1) is 6.10 Å². The average Bonchev–Trinajstić information content (AvgIpc) is 3.11. The van der Waals surface area contributed by atoms with Gasteiger partial charge in [0.15, 0.2) is 11.0 Å². The highest BCUT2D eigenvalue weighted by Crippen LogP contribution is 2.32. The molecule has 1 heterocycles. The van der Waals surface area contributed by atoms with Crippen LogP contribution in [0.2, 0.25) is 5.02 Å². The Balaban J connectivity index is 1.96. The monoisotopic (exact) mass is 443 g/mol. The largest absolute Gasteiger partial charge is 0.490 e. The summed E-state index contributed by atoms with van der Waals surface area (Å²) in [6.45, 7) is 6.40. The molecule has 2 aromatic carbocycles. The number of aliphatic carboxylic acids is 1. The van der Waals surface area contributed by atoms with Gasteiger partial charge in [-0.15, -0.1) is 10.2 Å². The molecular weight excluding hydrogens is 422 g/mol. The molecule has 0 saturated carbocycles. The summed E-state index contributed by atoms with van der Waals surface area (Å²) in [4.78, 5) is 12.1. The van der Waals surface area contributed by atoms with Crippen molar-refractivity contribution in [3.05, 3.63) is 64.0 Å². The minimum Gasteiger partial charge on any atom is -0.490 e. The second-order valence-electron chi connectivity index (χ2n) is 6.68. The summed E-state index contributed by atoms with van der Waals surface area (Å²) in [6, 6.07) is 14.6. The van der Waals surface area contributed by atoms with E-state index in [-0.39, 0.29) is 11.0 Å². The number of rotatable bonds is 8. The Morgan fingerprint density at radius 1 is 1.20 bits per heavy atom. The Morgan fingerprint density at radius 2 is 1.90 bits per heavy atom. The molecule has 0 unspecified atom stereocenters. The minimum absolute atomic E-state index is 0.0226. The fourth-order valence-electron chi connectivity index (χ4n) is 2.80. The molecule has 30 heavy (non-hydrogen) atoms. The van der Waals surface area contributed by atoms with Crippen molar-refractivity contribution < 1.29 is 14.6 Å². The van der Waals surface area contributed by atoms with Crippen molar-refractivity contribution in [1.82, 2.24) is 14.8 Å². The lowest BCUT2D eigenvalue weighted by Crippen LogP contribution is -2.07. The lowest BCUT2D eigenvalue weighted by molar-refractivity contribution is -0.131. The molecule has 0 saturated heterocycles. The SMILES string of the molecule is CCn1c(S/C(=C\c2ccccc2OC(C)C)C(=O)O)nnc1-c1ccc(Cl)cc1. The Hall–Kier alpha value is -2.77. The molecule has 0 aliphatic rings. The summed E-state index contributed by atoms with van der Waals surface area (Å²) in [7, 11) is 0. The van der Waals surface area contributed by atoms with Crippen molar-refractivity contribution in [3.8, 4) is 17.1 Å². The minimum atomic E-state index is -1.04. The van der Waals surface area contributed by atoms with Crippen molar-refractivity contribution in [2.24, 2.45) is 0 Å². The highest BCUT2D eigenvalue weighted by atomic mass is 35.5. The fourth-order valence-corrected chi connectivity index (χ4v) is 3.80. The van der Waals surface area contributed by atoms with Gasteiger partial charge in [-0.05, 0) is 68.9 Å². The van der Waals surface area contributed by atoms with Crippen molar-refractivity contribution in [3.63, 3.8) is 0 Å². The highest BCUT2D eigenvalue weighted by molar-refractivity contribution is 8.04. The van der Waals surface area contributed by atoms with Crippen LogP contribution >= 0.6 is 23.4 Å². The number of carboxylic acid groups (broad SMARTS) is 1. The van der Waals surface area contributed by atoms with Crippen LogP contribution in [-0.2, 0) is 11.3 Å². The van der Waals surface area contributed by atoms with Gasteiger partial charge in [-0.25, -0.2) is 4.79 Å². The smallest absolute Gasteiger partial charge is 0.342 e. The summed E-state index contributed by atoms with van der Waals surface area (Å²) in [6.07, 6.45) is 1.58. The first-order valence-corrected chi connectivity index (χ1v) is 10.7. The van der Waals surface area contributed by atoms with Crippen LogP contribution in [0.5, 0.6) is 5.75 Å². The van der Waals surface area contributed by atoms with Gasteiger partial charge in [0, 0.05) is 22.7 Å². The molecule has 0 amide bonds. The zero-order valence-electron chi connectivity index (χ0n) is 16.9. The summed E-state index contributed by atoms with van der Waals surface area (Å²) in [5.41, 5.74) is 1.55. The predicted molar refractivity (Wildman–Crippen MR) is 120 cm³/mol. The summed E-state index contributed by atoms with van der Waals surface area (Å²) < 4.78 is 7.68. The Morgan fingerprint density at radius 3 is 2.53 bits per heavy atom. The molecule has 0 radical (unpaired) electrons. The van der Waals surface area contributed by atoms with E-state index in [1.807, 2.05) is 61.7 Å². The Kier molecular flexibility index (Phi) is 7.18. The Labute approximate surface area is 184 Å². The van der Waals surface area contributed by atoms with Gasteiger partial charge >= 0.3 is 5.97 Å². The van der Waals surface area contributed by atoms with Gasteiger partial charge in [-0.1, -0.05) is 29.8 Å². The Bertz CT molecular complexity index is 1060. The van der Waals surface area contributed by atoms with Gasteiger partial charge in [0.2, 0.25) is 0 Å². The van der Waals surface area contributed by atoms with E-state index < -0.39 is 5.97 Å². The quantitative estimate of drug-likeness (QED) is 0.359. The maximum atomic E-state index is 12.0. The predicted octanol–water partition coefficient (Wildman–Crippen LogP) is 5.62. The van der Waals surface area contributed by atoms with Gasteiger partial charge in [0.25, 0.3) is 0 Å². The van der Waals surface area contributed by atoms with Crippen LogP contribution in [0.25, 0.3) is 17.5 Å². The van der Waals surface area contributed by atoms with Gasteiger partial charge in [-0.2, -0.15) is 0 Å². The number of carboxylic acids is 1. The molecule has 3 rings (SSSR count). The number of benzene rings is 2. The number of thioether (sulfide) groups is 1. The number of carbonyl (C=O) groups is 1. The molecule has 0 fully saturated rings.